The third-order valence-corrected chi connectivity index (χ3v) is 6.66. The van der Waals surface area contributed by atoms with Crippen LogP contribution in [-0.2, 0) is 26.2 Å². The summed E-state index contributed by atoms with van der Waals surface area (Å²) in [7, 11) is -2.32. The number of benzene rings is 2. The molecule has 0 aromatic heterocycles. The van der Waals surface area contributed by atoms with Gasteiger partial charge in [0.05, 0.1) is 19.1 Å². The van der Waals surface area contributed by atoms with Gasteiger partial charge >= 0.3 is 0 Å². The lowest BCUT2D eigenvalue weighted by Gasteiger charge is -2.33. The Labute approximate surface area is 207 Å². The number of rotatable bonds is 13. The highest BCUT2D eigenvalue weighted by atomic mass is 32.2. The zero-order valence-electron chi connectivity index (χ0n) is 20.7. The average Bonchev–Trinajstić information content (AvgIpc) is 2.83. The minimum Gasteiger partial charge on any atom is -0.497 e. The van der Waals surface area contributed by atoms with E-state index in [2.05, 4.69) is 5.32 Å². The summed E-state index contributed by atoms with van der Waals surface area (Å²) in [6.45, 7) is 3.80. The smallest absolute Gasteiger partial charge is 0.244 e. The fraction of sp³-hybridized carbons (Fsp3) is 0.440. The number of hydrogen-bond donors (Lipinski definition) is 1. The third-order valence-electron chi connectivity index (χ3n) is 5.52. The van der Waals surface area contributed by atoms with Crippen LogP contribution in [0.5, 0.6) is 5.75 Å². The summed E-state index contributed by atoms with van der Waals surface area (Å²) in [6.07, 6.45) is 3.05. The van der Waals surface area contributed by atoms with E-state index in [9.17, 15) is 22.4 Å². The van der Waals surface area contributed by atoms with Crippen molar-refractivity contribution in [1.82, 2.24) is 10.2 Å². The van der Waals surface area contributed by atoms with Crippen molar-refractivity contribution in [3.63, 3.8) is 0 Å². The van der Waals surface area contributed by atoms with E-state index in [1.165, 1.54) is 36.3 Å². The van der Waals surface area contributed by atoms with Crippen molar-refractivity contribution in [3.05, 3.63) is 59.9 Å². The number of methoxy groups -OCH3 is 1. The molecule has 0 bridgehead atoms. The van der Waals surface area contributed by atoms with E-state index >= 15 is 0 Å². The fourth-order valence-corrected chi connectivity index (χ4v) is 4.42. The molecule has 0 aliphatic heterocycles. The van der Waals surface area contributed by atoms with Crippen molar-refractivity contribution < 1.29 is 27.1 Å². The van der Waals surface area contributed by atoms with Crippen LogP contribution in [0, 0.1) is 5.82 Å². The molecule has 1 N–H and O–H groups in total. The van der Waals surface area contributed by atoms with Gasteiger partial charge < -0.3 is 15.0 Å². The third kappa shape index (κ3) is 8.24. The molecular weight excluding hydrogens is 473 g/mol. The van der Waals surface area contributed by atoms with Crippen LogP contribution >= 0.6 is 0 Å². The molecule has 0 aliphatic carbocycles. The van der Waals surface area contributed by atoms with Crippen molar-refractivity contribution in [2.45, 2.75) is 45.7 Å². The fourth-order valence-electron chi connectivity index (χ4n) is 3.57. The molecule has 2 aromatic carbocycles. The second-order valence-corrected chi connectivity index (χ2v) is 10.1. The van der Waals surface area contributed by atoms with E-state index < -0.39 is 34.3 Å². The van der Waals surface area contributed by atoms with Gasteiger partial charge in [-0.05, 0) is 54.8 Å². The first-order chi connectivity index (χ1) is 16.6. The molecule has 0 fully saturated rings. The molecule has 0 unspecified atom stereocenters. The van der Waals surface area contributed by atoms with Crippen molar-refractivity contribution in [3.8, 4) is 5.75 Å². The zero-order chi connectivity index (χ0) is 26.0. The minimum atomic E-state index is -3.82. The van der Waals surface area contributed by atoms with Crippen molar-refractivity contribution >= 4 is 27.5 Å². The monoisotopic (exact) mass is 507 g/mol. The molecule has 0 heterocycles. The molecule has 0 aliphatic rings. The SMILES string of the molecule is CCCCNC(=O)[C@H](CC)N(Cc1ccc(F)cc1)C(=O)CN(c1ccc(OC)cc1)S(C)(=O)=O. The van der Waals surface area contributed by atoms with E-state index in [-0.39, 0.29) is 12.5 Å². The lowest BCUT2D eigenvalue weighted by molar-refractivity contribution is -0.140. The highest BCUT2D eigenvalue weighted by molar-refractivity contribution is 7.92. The average molecular weight is 508 g/mol. The van der Waals surface area contributed by atoms with Gasteiger partial charge in [-0.2, -0.15) is 0 Å². The van der Waals surface area contributed by atoms with Crippen LogP contribution in [0.3, 0.4) is 0 Å². The Kier molecular flexibility index (Phi) is 10.5. The first-order valence-corrected chi connectivity index (χ1v) is 13.4. The predicted molar refractivity (Wildman–Crippen MR) is 134 cm³/mol. The summed E-state index contributed by atoms with van der Waals surface area (Å²) in [4.78, 5) is 27.9. The molecule has 192 valence electrons. The Balaban J connectivity index is 2.38. The van der Waals surface area contributed by atoms with E-state index in [1.54, 1.807) is 31.2 Å². The quantitative estimate of drug-likeness (QED) is 0.420. The van der Waals surface area contributed by atoms with E-state index in [1.807, 2.05) is 6.92 Å². The van der Waals surface area contributed by atoms with E-state index in [0.717, 1.165) is 23.4 Å². The van der Waals surface area contributed by atoms with E-state index in [4.69, 9.17) is 4.74 Å². The number of carbonyl (C=O) groups is 2. The van der Waals surface area contributed by atoms with Crippen LogP contribution in [-0.4, -0.2) is 57.6 Å². The molecule has 0 spiro atoms. The number of anilines is 1. The second-order valence-electron chi connectivity index (χ2n) is 8.18. The highest BCUT2D eigenvalue weighted by Crippen LogP contribution is 2.22. The molecule has 0 saturated heterocycles. The summed E-state index contributed by atoms with van der Waals surface area (Å²) in [6, 6.07) is 11.1. The Morgan fingerprint density at radius 1 is 1.06 bits per heavy atom. The molecule has 0 saturated carbocycles. The molecule has 2 aromatic rings. The van der Waals surface area contributed by atoms with Crippen LogP contribution in [0.1, 0.15) is 38.7 Å². The molecule has 35 heavy (non-hydrogen) atoms. The number of ether oxygens (including phenoxy) is 1. The first-order valence-electron chi connectivity index (χ1n) is 11.5. The van der Waals surface area contributed by atoms with Gasteiger partial charge in [-0.15, -0.1) is 0 Å². The van der Waals surface area contributed by atoms with Gasteiger partial charge in [-0.3, -0.25) is 13.9 Å². The summed E-state index contributed by atoms with van der Waals surface area (Å²) < 4.78 is 44.7. The van der Waals surface area contributed by atoms with Gasteiger partial charge in [0.25, 0.3) is 0 Å². The maximum absolute atomic E-state index is 13.5. The predicted octanol–water partition coefficient (Wildman–Crippen LogP) is 3.32. The Morgan fingerprint density at radius 3 is 2.20 bits per heavy atom. The summed E-state index contributed by atoms with van der Waals surface area (Å²) >= 11 is 0. The van der Waals surface area contributed by atoms with Gasteiger partial charge in [0.2, 0.25) is 21.8 Å². The van der Waals surface area contributed by atoms with Gasteiger partial charge in [0.1, 0.15) is 24.2 Å². The number of nitrogens with one attached hydrogen (secondary N) is 1. The van der Waals surface area contributed by atoms with Gasteiger partial charge in [-0.1, -0.05) is 32.4 Å². The first kappa shape index (κ1) is 28.1. The highest BCUT2D eigenvalue weighted by Gasteiger charge is 2.31. The second kappa shape index (κ2) is 13.1. The van der Waals surface area contributed by atoms with Crippen LogP contribution < -0.4 is 14.4 Å². The molecule has 10 heteroatoms. The Bertz CT molecular complexity index is 1080. The topological polar surface area (TPSA) is 96.0 Å². The maximum Gasteiger partial charge on any atom is 0.244 e. The zero-order valence-corrected chi connectivity index (χ0v) is 21.5. The summed E-state index contributed by atoms with van der Waals surface area (Å²) in [5.74, 6) is -0.736. The van der Waals surface area contributed by atoms with Crippen LogP contribution in [0.2, 0.25) is 0 Å². The number of unbranched alkanes of at least 4 members (excludes halogenated alkanes) is 1. The number of carbonyl (C=O) groups excluding carboxylic acids is 2. The molecule has 2 rings (SSSR count). The molecule has 1 atom stereocenters. The Morgan fingerprint density at radius 2 is 1.69 bits per heavy atom. The van der Waals surface area contributed by atoms with Gasteiger partial charge in [0.15, 0.2) is 0 Å². The number of hydrogen-bond acceptors (Lipinski definition) is 5. The van der Waals surface area contributed by atoms with Crippen molar-refractivity contribution in [1.29, 1.82) is 0 Å². The minimum absolute atomic E-state index is 0.0268. The van der Waals surface area contributed by atoms with Crippen LogP contribution in [0.15, 0.2) is 48.5 Å². The lowest BCUT2D eigenvalue weighted by atomic mass is 10.1. The number of halogens is 1. The maximum atomic E-state index is 13.5. The summed E-state index contributed by atoms with van der Waals surface area (Å²) in [5.41, 5.74) is 0.915. The Hall–Kier alpha value is -3.14. The van der Waals surface area contributed by atoms with Crippen molar-refractivity contribution in [2.75, 3.05) is 30.8 Å². The van der Waals surface area contributed by atoms with Gasteiger partial charge in [0, 0.05) is 13.1 Å². The van der Waals surface area contributed by atoms with Crippen molar-refractivity contribution in [2.24, 2.45) is 0 Å². The van der Waals surface area contributed by atoms with Crippen LogP contribution in [0.4, 0.5) is 10.1 Å². The number of nitrogens with zero attached hydrogens (tertiary/aromatic N) is 2. The van der Waals surface area contributed by atoms with Crippen LogP contribution in [0.25, 0.3) is 0 Å². The van der Waals surface area contributed by atoms with Gasteiger partial charge in [-0.25, -0.2) is 12.8 Å². The molecular formula is C25H34FN3O5S. The molecule has 8 nitrogen and oxygen atoms in total. The standard InChI is InChI=1S/C25H34FN3O5S/c1-5-7-16-27-25(31)23(6-2)28(17-19-8-10-20(26)11-9-19)24(30)18-29(35(4,32)33)21-12-14-22(34-3)15-13-21/h8-15,23H,5-7,16-18H2,1-4H3,(H,27,31)/t23-/m0/s1. The summed E-state index contributed by atoms with van der Waals surface area (Å²) in [5, 5.41) is 2.85. The molecule has 2 amide bonds. The largest absolute Gasteiger partial charge is 0.497 e. The molecule has 0 radical (unpaired) electrons. The number of sulfonamides is 1. The van der Waals surface area contributed by atoms with E-state index in [0.29, 0.717) is 30.0 Å². The normalized spacial score (nSPS) is 12.0. The lowest BCUT2D eigenvalue weighted by Crippen LogP contribution is -2.52. The number of amides is 2.